The molecular formula is C18H28N4OS. The molecule has 1 N–H and O–H groups in total. The molecular weight excluding hydrogens is 320 g/mol. The Kier molecular flexibility index (Phi) is 4.35. The van der Waals surface area contributed by atoms with E-state index in [4.69, 9.17) is 0 Å². The summed E-state index contributed by atoms with van der Waals surface area (Å²) in [6.45, 7) is 5.13. The maximum Gasteiger partial charge on any atom is 0.230 e. The first-order valence-corrected chi connectivity index (χ1v) is 10.4. The zero-order valence-electron chi connectivity index (χ0n) is 14.7. The van der Waals surface area contributed by atoms with E-state index < -0.39 is 0 Å². The molecule has 6 heteroatoms. The van der Waals surface area contributed by atoms with Gasteiger partial charge in [0.1, 0.15) is 6.33 Å². The minimum atomic E-state index is 0.133. The zero-order valence-corrected chi connectivity index (χ0v) is 15.5. The highest BCUT2D eigenvalue weighted by atomic mass is 32.2. The van der Waals surface area contributed by atoms with Crippen molar-refractivity contribution in [1.29, 1.82) is 0 Å². The van der Waals surface area contributed by atoms with Crippen LogP contribution in [0.1, 0.15) is 52.4 Å². The van der Waals surface area contributed by atoms with Crippen molar-refractivity contribution in [2.75, 3.05) is 5.75 Å². The van der Waals surface area contributed by atoms with Crippen LogP contribution in [0.3, 0.4) is 0 Å². The predicted octanol–water partition coefficient (Wildman–Crippen LogP) is 3.11. The highest BCUT2D eigenvalue weighted by Gasteiger charge is 2.53. The van der Waals surface area contributed by atoms with Crippen molar-refractivity contribution >= 4 is 17.7 Å². The lowest BCUT2D eigenvalue weighted by Crippen LogP contribution is -2.56. The van der Waals surface area contributed by atoms with Gasteiger partial charge in [-0.2, -0.15) is 0 Å². The van der Waals surface area contributed by atoms with Gasteiger partial charge in [-0.15, -0.1) is 10.2 Å². The first kappa shape index (κ1) is 16.4. The second kappa shape index (κ2) is 6.36. The average Bonchev–Trinajstić information content (AvgIpc) is 2.99. The van der Waals surface area contributed by atoms with E-state index >= 15 is 0 Å². The lowest BCUT2D eigenvalue weighted by atomic mass is 9.48. The summed E-state index contributed by atoms with van der Waals surface area (Å²) in [5.41, 5.74) is 0.374. The van der Waals surface area contributed by atoms with Crippen molar-refractivity contribution in [2.24, 2.45) is 23.2 Å². The Bertz CT molecular complexity index is 579. The number of hydrogen-bond donors (Lipinski definition) is 1. The summed E-state index contributed by atoms with van der Waals surface area (Å²) in [6.07, 6.45) is 10.1. The monoisotopic (exact) mass is 348 g/mol. The van der Waals surface area contributed by atoms with Crippen molar-refractivity contribution in [1.82, 2.24) is 20.1 Å². The molecule has 0 aromatic carbocycles. The third-order valence-electron chi connectivity index (χ3n) is 6.63. The molecule has 132 valence electrons. The summed E-state index contributed by atoms with van der Waals surface area (Å²) < 4.78 is 1.97. The van der Waals surface area contributed by atoms with Gasteiger partial charge in [0, 0.05) is 12.6 Å². The van der Waals surface area contributed by atoms with Gasteiger partial charge in [-0.05, 0) is 75.5 Å². The summed E-state index contributed by atoms with van der Waals surface area (Å²) in [5, 5.41) is 12.2. The number of aryl methyl sites for hydroxylation is 1. The number of hydrogen-bond acceptors (Lipinski definition) is 4. The largest absolute Gasteiger partial charge is 0.352 e. The van der Waals surface area contributed by atoms with Gasteiger partial charge in [0.25, 0.3) is 0 Å². The fraction of sp³-hybridized carbons (Fsp3) is 0.833. The number of amides is 1. The summed E-state index contributed by atoms with van der Waals surface area (Å²) >= 11 is 1.48. The minimum Gasteiger partial charge on any atom is -0.352 e. The highest BCUT2D eigenvalue weighted by Crippen LogP contribution is 2.61. The smallest absolute Gasteiger partial charge is 0.230 e. The molecule has 0 spiro atoms. The Morgan fingerprint density at radius 3 is 2.54 bits per heavy atom. The van der Waals surface area contributed by atoms with E-state index in [1.54, 1.807) is 6.33 Å². The van der Waals surface area contributed by atoms with Gasteiger partial charge in [0.2, 0.25) is 5.91 Å². The molecule has 5 rings (SSSR count). The van der Waals surface area contributed by atoms with Crippen LogP contribution < -0.4 is 5.32 Å². The molecule has 5 nitrogen and oxygen atoms in total. The van der Waals surface area contributed by atoms with Gasteiger partial charge in [0.15, 0.2) is 5.16 Å². The van der Waals surface area contributed by atoms with Gasteiger partial charge in [-0.1, -0.05) is 11.8 Å². The van der Waals surface area contributed by atoms with Crippen molar-refractivity contribution in [3.8, 4) is 0 Å². The zero-order chi connectivity index (χ0) is 16.7. The topological polar surface area (TPSA) is 59.8 Å². The number of nitrogens with zero attached hydrogens (tertiary/aromatic N) is 3. The van der Waals surface area contributed by atoms with Crippen LogP contribution in [0.5, 0.6) is 0 Å². The van der Waals surface area contributed by atoms with Gasteiger partial charge in [0.05, 0.1) is 5.75 Å². The van der Waals surface area contributed by atoms with Crippen molar-refractivity contribution < 1.29 is 4.79 Å². The number of rotatable bonds is 6. The third-order valence-corrected chi connectivity index (χ3v) is 7.62. The maximum atomic E-state index is 12.5. The molecule has 4 aliphatic rings. The van der Waals surface area contributed by atoms with Crippen LogP contribution in [0, 0.1) is 23.2 Å². The molecule has 4 aliphatic carbocycles. The molecule has 0 radical (unpaired) electrons. The Morgan fingerprint density at radius 2 is 1.96 bits per heavy atom. The van der Waals surface area contributed by atoms with E-state index in [0.29, 0.717) is 17.2 Å². The average molecular weight is 349 g/mol. The van der Waals surface area contributed by atoms with E-state index in [-0.39, 0.29) is 5.91 Å². The molecule has 4 saturated carbocycles. The van der Waals surface area contributed by atoms with E-state index in [1.165, 1.54) is 50.3 Å². The normalized spacial score (nSPS) is 35.2. The van der Waals surface area contributed by atoms with Crippen LogP contribution >= 0.6 is 11.8 Å². The standard InChI is InChI=1S/C18H28N4OS/c1-3-22-11-19-21-17(22)24-10-16(23)20-12(2)18-7-13-4-14(8-18)6-15(5-13)9-18/h11-15H,3-10H2,1-2H3,(H,20,23)/t12-,13?,14?,15?,18?/m1/s1. The quantitative estimate of drug-likeness (QED) is 0.803. The van der Waals surface area contributed by atoms with Crippen LogP contribution in [0.4, 0.5) is 0 Å². The molecule has 0 saturated heterocycles. The van der Waals surface area contributed by atoms with Crippen LogP contribution in [0.15, 0.2) is 11.5 Å². The van der Waals surface area contributed by atoms with Crippen molar-refractivity contribution in [3.63, 3.8) is 0 Å². The van der Waals surface area contributed by atoms with Gasteiger partial charge >= 0.3 is 0 Å². The van der Waals surface area contributed by atoms with E-state index in [0.717, 1.165) is 29.5 Å². The minimum absolute atomic E-state index is 0.133. The number of thioether (sulfide) groups is 1. The second-order valence-electron chi connectivity index (χ2n) is 8.26. The maximum absolute atomic E-state index is 12.5. The fourth-order valence-corrected chi connectivity index (χ4v) is 6.64. The lowest BCUT2D eigenvalue weighted by molar-refractivity contribution is -0.123. The predicted molar refractivity (Wildman–Crippen MR) is 94.6 cm³/mol. The number of carbonyl (C=O) groups is 1. The number of aromatic nitrogens is 3. The molecule has 0 unspecified atom stereocenters. The van der Waals surface area contributed by atoms with Crippen LogP contribution in [0.2, 0.25) is 0 Å². The second-order valence-corrected chi connectivity index (χ2v) is 9.20. The van der Waals surface area contributed by atoms with Gasteiger partial charge in [-0.25, -0.2) is 0 Å². The number of nitrogens with one attached hydrogen (secondary N) is 1. The molecule has 1 aromatic heterocycles. The third kappa shape index (κ3) is 2.98. The molecule has 4 bridgehead atoms. The summed E-state index contributed by atoms with van der Waals surface area (Å²) in [4.78, 5) is 12.5. The first-order chi connectivity index (χ1) is 11.6. The van der Waals surface area contributed by atoms with Crippen molar-refractivity contribution in [2.45, 2.75) is 70.1 Å². The lowest BCUT2D eigenvalue weighted by Gasteiger charge is -2.59. The Labute approximate surface area is 148 Å². The van der Waals surface area contributed by atoms with E-state index in [9.17, 15) is 4.79 Å². The summed E-state index contributed by atoms with van der Waals surface area (Å²) in [5.74, 6) is 3.33. The molecule has 1 amide bonds. The first-order valence-electron chi connectivity index (χ1n) is 9.38. The molecule has 1 aromatic rings. The summed E-state index contributed by atoms with van der Waals surface area (Å²) in [7, 11) is 0. The number of carbonyl (C=O) groups excluding carboxylic acids is 1. The van der Waals surface area contributed by atoms with E-state index in [2.05, 4.69) is 29.4 Å². The molecule has 1 atom stereocenters. The Hall–Kier alpha value is -1.04. The van der Waals surface area contributed by atoms with Crippen LogP contribution in [-0.4, -0.2) is 32.5 Å². The fourth-order valence-electron chi connectivity index (χ4n) is 5.85. The van der Waals surface area contributed by atoms with Crippen molar-refractivity contribution in [3.05, 3.63) is 6.33 Å². The van der Waals surface area contributed by atoms with E-state index in [1.807, 2.05) is 4.57 Å². The Balaban J connectivity index is 1.34. The van der Waals surface area contributed by atoms with Gasteiger partial charge < -0.3 is 9.88 Å². The molecule has 4 fully saturated rings. The Morgan fingerprint density at radius 1 is 1.33 bits per heavy atom. The SMILES string of the molecule is CCn1cnnc1SCC(=O)N[C@H](C)C12CC3CC(CC(C3)C1)C2. The molecule has 0 aliphatic heterocycles. The molecule has 24 heavy (non-hydrogen) atoms. The summed E-state index contributed by atoms with van der Waals surface area (Å²) in [6, 6.07) is 0.294. The molecule has 1 heterocycles. The van der Waals surface area contributed by atoms with Gasteiger partial charge in [-0.3, -0.25) is 4.79 Å². The highest BCUT2D eigenvalue weighted by molar-refractivity contribution is 7.99. The van der Waals surface area contributed by atoms with Crippen LogP contribution in [0.25, 0.3) is 0 Å². The van der Waals surface area contributed by atoms with Crippen LogP contribution in [-0.2, 0) is 11.3 Å².